The number of hydrogen-bond donors (Lipinski definition) is 2. The summed E-state index contributed by atoms with van der Waals surface area (Å²) in [5, 5.41) is 5.97. The van der Waals surface area contributed by atoms with Crippen LogP contribution in [0.3, 0.4) is 0 Å². The maximum Gasteiger partial charge on any atom is 0.407 e. The number of aromatic nitrogens is 1. The molecule has 10 nitrogen and oxygen atoms in total. The van der Waals surface area contributed by atoms with Crippen molar-refractivity contribution in [3.63, 3.8) is 0 Å². The number of fused-ring (bicyclic) bond motifs is 2. The number of alkyl carbamates (subject to hydrolysis) is 1. The standard InChI is InChI=1S/C23H37N5O5S2/c1-5-18-12-20(26-34-18)21(29)25-19-11-15-10-16(19)14-28(13-15)35(31,32)27-8-6-17(7-9-27)24-22(30)33-23(2,3)4/h12,15-17,19H,5-11,13-14H2,1-4H3,(H,24,30)(H,25,29)/t15-,16?,19+/m1/s1. The Balaban J connectivity index is 1.30. The summed E-state index contributed by atoms with van der Waals surface area (Å²) in [7, 11) is -3.60. The summed E-state index contributed by atoms with van der Waals surface area (Å²) < 4.78 is 39.5. The molecule has 3 heterocycles. The minimum Gasteiger partial charge on any atom is -0.444 e. The van der Waals surface area contributed by atoms with Crippen LogP contribution >= 0.6 is 11.5 Å². The zero-order chi connectivity index (χ0) is 25.4. The molecular formula is C23H37N5O5S2. The zero-order valence-corrected chi connectivity index (χ0v) is 22.6. The maximum atomic E-state index is 13.4. The zero-order valence-electron chi connectivity index (χ0n) is 21.0. The fourth-order valence-electron chi connectivity index (χ4n) is 5.28. The second kappa shape index (κ2) is 10.3. The molecule has 12 heteroatoms. The van der Waals surface area contributed by atoms with E-state index < -0.39 is 21.9 Å². The molecule has 196 valence electrons. The summed E-state index contributed by atoms with van der Waals surface area (Å²) in [5.41, 5.74) is -0.127. The van der Waals surface area contributed by atoms with E-state index in [2.05, 4.69) is 15.0 Å². The predicted octanol–water partition coefficient (Wildman–Crippen LogP) is 2.38. The van der Waals surface area contributed by atoms with Crippen LogP contribution in [0.2, 0.25) is 0 Å². The highest BCUT2D eigenvalue weighted by Crippen LogP contribution is 2.38. The van der Waals surface area contributed by atoms with Gasteiger partial charge in [0.25, 0.3) is 16.1 Å². The lowest BCUT2D eigenvalue weighted by atomic mass is 9.99. The molecule has 0 aromatic carbocycles. The highest BCUT2D eigenvalue weighted by atomic mass is 32.2. The Morgan fingerprint density at radius 2 is 1.86 bits per heavy atom. The minimum atomic E-state index is -3.60. The molecule has 2 aliphatic heterocycles. The van der Waals surface area contributed by atoms with Crippen molar-refractivity contribution >= 4 is 33.7 Å². The van der Waals surface area contributed by atoms with Crippen molar-refractivity contribution in [1.29, 1.82) is 0 Å². The molecule has 3 atom stereocenters. The van der Waals surface area contributed by atoms with Crippen molar-refractivity contribution in [2.75, 3.05) is 26.2 Å². The van der Waals surface area contributed by atoms with E-state index in [1.54, 1.807) is 4.31 Å². The number of hydrogen-bond acceptors (Lipinski definition) is 7. The molecule has 3 aliphatic rings. The Morgan fingerprint density at radius 3 is 2.49 bits per heavy atom. The second-order valence-electron chi connectivity index (χ2n) is 10.9. The van der Waals surface area contributed by atoms with E-state index in [4.69, 9.17) is 4.74 Å². The van der Waals surface area contributed by atoms with Gasteiger partial charge in [-0.3, -0.25) is 4.79 Å². The molecule has 1 aromatic rings. The first-order chi connectivity index (χ1) is 16.4. The maximum absolute atomic E-state index is 13.4. The molecule has 1 aromatic heterocycles. The normalized spacial score (nSPS) is 26.5. The van der Waals surface area contributed by atoms with Gasteiger partial charge in [0.05, 0.1) is 0 Å². The van der Waals surface area contributed by atoms with Crippen LogP contribution < -0.4 is 10.6 Å². The number of nitrogens with one attached hydrogen (secondary N) is 2. The Labute approximate surface area is 212 Å². The first kappa shape index (κ1) is 26.3. The van der Waals surface area contributed by atoms with E-state index in [9.17, 15) is 18.0 Å². The number of aryl methyl sites for hydroxylation is 1. The van der Waals surface area contributed by atoms with Crippen molar-refractivity contribution < 1.29 is 22.7 Å². The molecule has 0 radical (unpaired) electrons. The fraction of sp³-hybridized carbons (Fsp3) is 0.783. The largest absolute Gasteiger partial charge is 0.444 e. The van der Waals surface area contributed by atoms with Gasteiger partial charge >= 0.3 is 6.09 Å². The number of piperidine rings is 2. The number of carbonyl (C=O) groups is 2. The average Bonchev–Trinajstić information content (AvgIpc) is 3.37. The number of ether oxygens (including phenoxy) is 1. The average molecular weight is 528 g/mol. The van der Waals surface area contributed by atoms with Crippen LogP contribution in [0.25, 0.3) is 0 Å². The van der Waals surface area contributed by atoms with Gasteiger partial charge in [0.2, 0.25) is 0 Å². The van der Waals surface area contributed by atoms with E-state index in [-0.39, 0.29) is 29.8 Å². The summed E-state index contributed by atoms with van der Waals surface area (Å²) in [6.07, 6.45) is 3.19. The summed E-state index contributed by atoms with van der Waals surface area (Å²) in [6, 6.07) is 1.69. The first-order valence-electron chi connectivity index (χ1n) is 12.5. The van der Waals surface area contributed by atoms with E-state index >= 15 is 0 Å². The van der Waals surface area contributed by atoms with Crippen LogP contribution in [-0.4, -0.2) is 77.3 Å². The number of nitrogens with zero attached hydrogens (tertiary/aromatic N) is 3. The number of carbonyl (C=O) groups excluding carboxylic acids is 2. The SMILES string of the molecule is CCc1cc(C(=O)N[C@H]2C[C@H]3CC2CN(S(=O)(=O)N2CCC(NC(=O)OC(C)(C)C)CC2)C3)ns1. The lowest BCUT2D eigenvalue weighted by molar-refractivity contribution is 0.0488. The van der Waals surface area contributed by atoms with Crippen LogP contribution in [0, 0.1) is 11.8 Å². The van der Waals surface area contributed by atoms with Crippen molar-refractivity contribution in [2.24, 2.45) is 11.8 Å². The van der Waals surface area contributed by atoms with Gasteiger partial charge in [0.1, 0.15) is 11.3 Å². The summed E-state index contributed by atoms with van der Waals surface area (Å²) >= 11 is 1.35. The van der Waals surface area contributed by atoms with Crippen LogP contribution in [-0.2, 0) is 21.4 Å². The summed E-state index contributed by atoms with van der Waals surface area (Å²) in [6.45, 7) is 9.08. The molecule has 2 N–H and O–H groups in total. The lowest BCUT2D eigenvalue weighted by Gasteiger charge is -2.38. The molecule has 2 bridgehead atoms. The van der Waals surface area contributed by atoms with Gasteiger partial charge in [-0.15, -0.1) is 0 Å². The quantitative estimate of drug-likeness (QED) is 0.586. The predicted molar refractivity (Wildman–Crippen MR) is 133 cm³/mol. The van der Waals surface area contributed by atoms with E-state index in [0.29, 0.717) is 44.7 Å². The van der Waals surface area contributed by atoms with Gasteiger partial charge < -0.3 is 15.4 Å². The number of rotatable bonds is 6. The first-order valence-corrected chi connectivity index (χ1v) is 14.6. The minimum absolute atomic E-state index is 0.0387. The molecule has 3 fully saturated rings. The molecule has 2 amide bonds. The van der Waals surface area contributed by atoms with Gasteiger partial charge in [-0.25, -0.2) is 4.79 Å². The molecule has 4 rings (SSSR count). The van der Waals surface area contributed by atoms with Gasteiger partial charge in [-0.05, 0) is 82.3 Å². The highest BCUT2D eigenvalue weighted by Gasteiger charge is 2.46. The monoisotopic (exact) mass is 527 g/mol. The molecule has 1 saturated carbocycles. The van der Waals surface area contributed by atoms with Crippen molar-refractivity contribution in [1.82, 2.24) is 23.6 Å². The van der Waals surface area contributed by atoms with Gasteiger partial charge in [0.15, 0.2) is 0 Å². The molecule has 0 spiro atoms. The third-order valence-corrected chi connectivity index (χ3v) is 9.87. The second-order valence-corrected chi connectivity index (χ2v) is 13.7. The van der Waals surface area contributed by atoms with Gasteiger partial charge in [0, 0.05) is 43.1 Å². The molecule has 2 saturated heterocycles. The molecule has 35 heavy (non-hydrogen) atoms. The van der Waals surface area contributed by atoms with Gasteiger partial charge in [-0.2, -0.15) is 21.4 Å². The van der Waals surface area contributed by atoms with Crippen LogP contribution in [0.1, 0.15) is 68.7 Å². The third kappa shape index (κ3) is 6.33. The van der Waals surface area contributed by atoms with E-state index in [1.165, 1.54) is 15.8 Å². The van der Waals surface area contributed by atoms with Crippen molar-refractivity contribution in [2.45, 2.75) is 77.5 Å². The Hall–Kier alpha value is -1.76. The molecule has 1 unspecified atom stereocenters. The fourth-order valence-corrected chi connectivity index (χ4v) is 7.70. The Bertz CT molecular complexity index is 1030. The van der Waals surface area contributed by atoms with E-state index in [0.717, 1.165) is 24.1 Å². The molecular weight excluding hydrogens is 490 g/mol. The Morgan fingerprint density at radius 1 is 1.14 bits per heavy atom. The van der Waals surface area contributed by atoms with Crippen LogP contribution in [0.15, 0.2) is 6.07 Å². The van der Waals surface area contributed by atoms with E-state index in [1.807, 2.05) is 33.8 Å². The van der Waals surface area contributed by atoms with Gasteiger partial charge in [-0.1, -0.05) is 6.92 Å². The van der Waals surface area contributed by atoms with Crippen molar-refractivity contribution in [3.8, 4) is 0 Å². The topological polar surface area (TPSA) is 121 Å². The van der Waals surface area contributed by atoms with Crippen LogP contribution in [0.5, 0.6) is 0 Å². The third-order valence-electron chi connectivity index (χ3n) is 6.98. The highest BCUT2D eigenvalue weighted by molar-refractivity contribution is 7.86. The number of amides is 2. The smallest absolute Gasteiger partial charge is 0.407 e. The summed E-state index contributed by atoms with van der Waals surface area (Å²) in [4.78, 5) is 25.8. The summed E-state index contributed by atoms with van der Waals surface area (Å²) in [5.74, 6) is 0.164. The molecule has 1 aliphatic carbocycles. The lowest BCUT2D eigenvalue weighted by Crippen LogP contribution is -2.53. The van der Waals surface area contributed by atoms with Crippen LogP contribution in [0.4, 0.5) is 4.79 Å². The Kier molecular flexibility index (Phi) is 7.75. The van der Waals surface area contributed by atoms with Crippen molar-refractivity contribution in [3.05, 3.63) is 16.6 Å².